The zero-order chi connectivity index (χ0) is 15.2. The predicted molar refractivity (Wildman–Crippen MR) is 80.8 cm³/mol. The van der Waals surface area contributed by atoms with Crippen molar-refractivity contribution in [3.05, 3.63) is 57.8 Å². The molecule has 0 aliphatic carbocycles. The Labute approximate surface area is 131 Å². The van der Waals surface area contributed by atoms with Gasteiger partial charge in [0.25, 0.3) is 0 Å². The second kappa shape index (κ2) is 7.09. The van der Waals surface area contributed by atoms with Gasteiger partial charge in [0.05, 0.1) is 22.7 Å². The lowest BCUT2D eigenvalue weighted by Crippen LogP contribution is -2.01. The van der Waals surface area contributed by atoms with Crippen LogP contribution in [-0.4, -0.2) is 6.61 Å². The summed E-state index contributed by atoms with van der Waals surface area (Å²) >= 11 is 3.20. The molecule has 108 valence electrons. The van der Waals surface area contributed by atoms with Crippen LogP contribution in [0, 0.1) is 17.1 Å². The van der Waals surface area contributed by atoms with Gasteiger partial charge in [-0.25, -0.2) is 4.39 Å². The molecule has 0 amide bonds. The van der Waals surface area contributed by atoms with E-state index in [9.17, 15) is 4.39 Å². The molecular formula is C16H13BrFNO2. The molecule has 0 heterocycles. The Balaban J connectivity index is 2.19. The van der Waals surface area contributed by atoms with E-state index < -0.39 is 0 Å². The zero-order valence-corrected chi connectivity index (χ0v) is 13.0. The molecule has 5 heteroatoms. The van der Waals surface area contributed by atoms with Crippen LogP contribution in [0.1, 0.15) is 18.1 Å². The van der Waals surface area contributed by atoms with E-state index in [1.807, 2.05) is 6.92 Å². The topological polar surface area (TPSA) is 42.2 Å². The van der Waals surface area contributed by atoms with Crippen molar-refractivity contribution in [2.75, 3.05) is 6.61 Å². The standard InChI is InChI=1S/C16H13BrFNO2/c1-2-20-15-8-11(9-19)6-7-14(15)21-10-12-4-3-5-13(18)16(12)17/h3-8H,2,10H2,1H3. The fourth-order valence-electron chi connectivity index (χ4n) is 1.78. The highest BCUT2D eigenvalue weighted by Gasteiger charge is 2.09. The highest BCUT2D eigenvalue weighted by molar-refractivity contribution is 9.10. The zero-order valence-electron chi connectivity index (χ0n) is 11.4. The molecule has 0 saturated heterocycles. The minimum atomic E-state index is -0.332. The van der Waals surface area contributed by atoms with Crippen LogP contribution in [0.4, 0.5) is 4.39 Å². The molecule has 0 fully saturated rings. The van der Waals surface area contributed by atoms with Crippen LogP contribution in [0.2, 0.25) is 0 Å². The fourth-order valence-corrected chi connectivity index (χ4v) is 2.16. The predicted octanol–water partition coefficient (Wildman–Crippen LogP) is 4.44. The Morgan fingerprint density at radius 3 is 2.71 bits per heavy atom. The van der Waals surface area contributed by atoms with Crippen molar-refractivity contribution in [3.8, 4) is 17.6 Å². The Kier molecular flexibility index (Phi) is 5.18. The monoisotopic (exact) mass is 349 g/mol. The summed E-state index contributed by atoms with van der Waals surface area (Å²) in [6.45, 7) is 2.52. The van der Waals surface area contributed by atoms with E-state index in [1.54, 1.807) is 30.3 Å². The van der Waals surface area contributed by atoms with Crippen molar-refractivity contribution >= 4 is 15.9 Å². The minimum absolute atomic E-state index is 0.199. The Morgan fingerprint density at radius 2 is 2.00 bits per heavy atom. The molecule has 0 bridgehead atoms. The summed E-state index contributed by atoms with van der Waals surface area (Å²) in [6, 6.07) is 11.8. The molecular weight excluding hydrogens is 337 g/mol. The normalized spacial score (nSPS) is 10.0. The summed E-state index contributed by atoms with van der Waals surface area (Å²) in [5, 5.41) is 8.90. The number of nitrogens with zero attached hydrogens (tertiary/aromatic N) is 1. The molecule has 0 radical (unpaired) electrons. The first-order chi connectivity index (χ1) is 10.2. The van der Waals surface area contributed by atoms with Gasteiger partial charge >= 0.3 is 0 Å². The molecule has 0 unspecified atom stereocenters. The molecule has 0 aliphatic heterocycles. The van der Waals surface area contributed by atoms with Crippen LogP contribution in [-0.2, 0) is 6.61 Å². The van der Waals surface area contributed by atoms with E-state index in [4.69, 9.17) is 14.7 Å². The van der Waals surface area contributed by atoms with E-state index in [0.29, 0.717) is 33.7 Å². The van der Waals surface area contributed by atoms with Crippen molar-refractivity contribution in [3.63, 3.8) is 0 Å². The lowest BCUT2D eigenvalue weighted by atomic mass is 10.2. The van der Waals surface area contributed by atoms with Gasteiger partial charge in [-0.15, -0.1) is 0 Å². The van der Waals surface area contributed by atoms with Gasteiger partial charge in [-0.1, -0.05) is 12.1 Å². The Bertz CT molecular complexity index is 682. The fraction of sp³-hybridized carbons (Fsp3) is 0.188. The average Bonchev–Trinajstić information content (AvgIpc) is 2.50. The van der Waals surface area contributed by atoms with Gasteiger partial charge in [-0.2, -0.15) is 5.26 Å². The maximum absolute atomic E-state index is 13.4. The Morgan fingerprint density at radius 1 is 1.19 bits per heavy atom. The first kappa shape index (κ1) is 15.3. The molecule has 0 aromatic heterocycles. The third-order valence-electron chi connectivity index (χ3n) is 2.79. The number of ether oxygens (including phenoxy) is 2. The second-order valence-corrected chi connectivity index (χ2v) is 5.00. The van der Waals surface area contributed by atoms with Crippen LogP contribution in [0.15, 0.2) is 40.9 Å². The summed E-state index contributed by atoms with van der Waals surface area (Å²) in [4.78, 5) is 0. The van der Waals surface area contributed by atoms with Gasteiger partial charge in [-0.3, -0.25) is 0 Å². The van der Waals surface area contributed by atoms with Crippen LogP contribution >= 0.6 is 15.9 Å². The molecule has 2 aromatic carbocycles. The van der Waals surface area contributed by atoms with E-state index in [-0.39, 0.29) is 12.4 Å². The van der Waals surface area contributed by atoms with Gasteiger partial charge in [0, 0.05) is 11.6 Å². The van der Waals surface area contributed by atoms with Gasteiger partial charge in [0.1, 0.15) is 12.4 Å². The molecule has 0 atom stereocenters. The lowest BCUT2D eigenvalue weighted by Gasteiger charge is -2.13. The van der Waals surface area contributed by atoms with E-state index in [2.05, 4.69) is 22.0 Å². The van der Waals surface area contributed by atoms with Gasteiger partial charge in [0.15, 0.2) is 11.5 Å². The number of nitriles is 1. The molecule has 2 aromatic rings. The molecule has 3 nitrogen and oxygen atoms in total. The number of hydrogen-bond donors (Lipinski definition) is 0. The number of halogens is 2. The quantitative estimate of drug-likeness (QED) is 0.801. The third kappa shape index (κ3) is 3.73. The maximum Gasteiger partial charge on any atom is 0.162 e. The Hall–Kier alpha value is -2.06. The van der Waals surface area contributed by atoms with Crippen molar-refractivity contribution in [1.82, 2.24) is 0 Å². The maximum atomic E-state index is 13.4. The minimum Gasteiger partial charge on any atom is -0.490 e. The molecule has 0 spiro atoms. The molecule has 0 N–H and O–H groups in total. The van der Waals surface area contributed by atoms with Crippen molar-refractivity contribution in [2.45, 2.75) is 13.5 Å². The molecule has 0 saturated carbocycles. The first-order valence-electron chi connectivity index (χ1n) is 6.38. The van der Waals surface area contributed by atoms with Gasteiger partial charge in [0.2, 0.25) is 0 Å². The number of benzene rings is 2. The second-order valence-electron chi connectivity index (χ2n) is 4.21. The van der Waals surface area contributed by atoms with Crippen LogP contribution < -0.4 is 9.47 Å². The summed E-state index contributed by atoms with van der Waals surface area (Å²) in [7, 11) is 0. The highest BCUT2D eigenvalue weighted by Crippen LogP contribution is 2.30. The molecule has 21 heavy (non-hydrogen) atoms. The van der Waals surface area contributed by atoms with Crippen LogP contribution in [0.5, 0.6) is 11.5 Å². The van der Waals surface area contributed by atoms with Crippen molar-refractivity contribution < 1.29 is 13.9 Å². The highest BCUT2D eigenvalue weighted by atomic mass is 79.9. The van der Waals surface area contributed by atoms with Crippen molar-refractivity contribution in [1.29, 1.82) is 5.26 Å². The number of rotatable bonds is 5. The summed E-state index contributed by atoms with van der Waals surface area (Å²) in [6.07, 6.45) is 0. The number of hydrogen-bond acceptors (Lipinski definition) is 3. The van der Waals surface area contributed by atoms with Gasteiger partial charge < -0.3 is 9.47 Å². The van der Waals surface area contributed by atoms with Crippen LogP contribution in [0.3, 0.4) is 0 Å². The van der Waals surface area contributed by atoms with Crippen molar-refractivity contribution in [2.24, 2.45) is 0 Å². The smallest absolute Gasteiger partial charge is 0.162 e. The third-order valence-corrected chi connectivity index (χ3v) is 3.68. The first-order valence-corrected chi connectivity index (χ1v) is 7.17. The summed E-state index contributed by atoms with van der Waals surface area (Å²) in [5.74, 6) is 0.692. The largest absolute Gasteiger partial charge is 0.490 e. The summed E-state index contributed by atoms with van der Waals surface area (Å²) < 4.78 is 25.0. The lowest BCUT2D eigenvalue weighted by molar-refractivity contribution is 0.268. The summed E-state index contributed by atoms with van der Waals surface area (Å²) in [5.41, 5.74) is 1.19. The van der Waals surface area contributed by atoms with E-state index in [0.717, 1.165) is 0 Å². The molecule has 2 rings (SSSR count). The van der Waals surface area contributed by atoms with E-state index >= 15 is 0 Å². The van der Waals surface area contributed by atoms with Gasteiger partial charge in [-0.05, 0) is 41.1 Å². The SMILES string of the molecule is CCOc1cc(C#N)ccc1OCc1cccc(F)c1Br. The average molecular weight is 350 g/mol. The van der Waals surface area contributed by atoms with Crippen LogP contribution in [0.25, 0.3) is 0 Å². The van der Waals surface area contributed by atoms with E-state index in [1.165, 1.54) is 6.07 Å². The molecule has 0 aliphatic rings.